The number of carbonyl (C=O) groups is 1. The third kappa shape index (κ3) is 5.85. The van der Waals surface area contributed by atoms with Gasteiger partial charge in [0, 0.05) is 42.5 Å². The molecule has 1 amide bonds. The molecule has 1 saturated heterocycles. The molecule has 34 heavy (non-hydrogen) atoms. The Bertz CT molecular complexity index is 1210. The molecule has 1 fully saturated rings. The maximum Gasteiger partial charge on any atom is 0.293 e. The average molecular weight is 538 g/mol. The van der Waals surface area contributed by atoms with Crippen LogP contribution in [0.2, 0.25) is 15.1 Å². The summed E-state index contributed by atoms with van der Waals surface area (Å²) in [5.41, 5.74) is 2.30. The molecule has 4 rings (SSSR count). The number of hydrogen-bond donors (Lipinski definition) is 2. The highest BCUT2D eigenvalue weighted by atomic mass is 35.5. The van der Waals surface area contributed by atoms with E-state index < -0.39 is 5.91 Å². The van der Waals surface area contributed by atoms with Gasteiger partial charge in [-0.05, 0) is 67.3 Å². The van der Waals surface area contributed by atoms with E-state index in [1.54, 1.807) is 36.4 Å². The van der Waals surface area contributed by atoms with Crippen molar-refractivity contribution >= 4 is 69.4 Å². The lowest BCUT2D eigenvalue weighted by atomic mass is 10.2. The topological polar surface area (TPSA) is 60.8 Å². The molecule has 0 radical (unpaired) electrons. The number of nitrogens with one attached hydrogen (secondary N) is 2. The molecule has 1 aromatic heterocycles. The van der Waals surface area contributed by atoms with Crippen LogP contribution in [0, 0.1) is 0 Å². The number of nitrogens with zero attached hydrogens (tertiary/aromatic N) is 2. The van der Waals surface area contributed by atoms with E-state index in [1.807, 2.05) is 12.1 Å². The lowest BCUT2D eigenvalue weighted by Crippen LogP contribution is -2.46. The third-order valence-electron chi connectivity index (χ3n) is 5.62. The zero-order chi connectivity index (χ0) is 24.2. The zero-order valence-corrected chi connectivity index (χ0v) is 21.5. The van der Waals surface area contributed by atoms with Crippen LogP contribution in [0.25, 0.3) is 11.3 Å². The van der Waals surface area contributed by atoms with Gasteiger partial charge in [0.1, 0.15) is 5.76 Å². The first-order valence-electron chi connectivity index (χ1n) is 10.8. The summed E-state index contributed by atoms with van der Waals surface area (Å²) >= 11 is 24.0. The van der Waals surface area contributed by atoms with Crippen LogP contribution in [0.3, 0.4) is 0 Å². The maximum absolute atomic E-state index is 12.6. The molecule has 2 heterocycles. The number of furan rings is 1. The SMILES string of the molecule is CCN1CCN(c2ccc(NC(=S)NC(=O)c3ccc(-c4ccc(Cl)cc4Cl)o3)cc2Cl)CC1. The largest absolute Gasteiger partial charge is 0.451 e. The molecule has 1 aliphatic heterocycles. The van der Waals surface area contributed by atoms with E-state index >= 15 is 0 Å². The second-order valence-electron chi connectivity index (χ2n) is 7.78. The molecule has 10 heteroatoms. The molecule has 3 aromatic rings. The van der Waals surface area contributed by atoms with Crippen molar-refractivity contribution in [1.29, 1.82) is 0 Å². The van der Waals surface area contributed by atoms with E-state index in [-0.39, 0.29) is 10.9 Å². The predicted octanol–water partition coefficient (Wildman–Crippen LogP) is 6.18. The van der Waals surface area contributed by atoms with Crippen molar-refractivity contribution in [1.82, 2.24) is 10.2 Å². The minimum Gasteiger partial charge on any atom is -0.451 e. The van der Waals surface area contributed by atoms with Crippen molar-refractivity contribution in [3.63, 3.8) is 0 Å². The summed E-state index contributed by atoms with van der Waals surface area (Å²) in [6, 6.07) is 13.9. The van der Waals surface area contributed by atoms with Gasteiger partial charge in [-0.1, -0.05) is 41.7 Å². The van der Waals surface area contributed by atoms with E-state index in [1.165, 1.54) is 0 Å². The molecule has 6 nitrogen and oxygen atoms in total. The number of halogens is 3. The highest BCUT2D eigenvalue weighted by molar-refractivity contribution is 7.80. The van der Waals surface area contributed by atoms with E-state index in [9.17, 15) is 4.79 Å². The monoisotopic (exact) mass is 536 g/mol. The molecule has 0 aliphatic carbocycles. The fraction of sp³-hybridized carbons (Fsp3) is 0.250. The van der Waals surface area contributed by atoms with E-state index in [0.717, 1.165) is 38.4 Å². The third-order valence-corrected chi connectivity index (χ3v) is 6.67. The van der Waals surface area contributed by atoms with Gasteiger partial charge >= 0.3 is 0 Å². The fourth-order valence-electron chi connectivity index (χ4n) is 3.77. The van der Waals surface area contributed by atoms with Crippen molar-refractivity contribution in [2.24, 2.45) is 0 Å². The summed E-state index contributed by atoms with van der Waals surface area (Å²) in [6.07, 6.45) is 0. The number of hydrogen-bond acceptors (Lipinski definition) is 5. The molecule has 2 N–H and O–H groups in total. The minimum atomic E-state index is -0.481. The number of amides is 1. The summed E-state index contributed by atoms with van der Waals surface area (Å²) in [5, 5.41) is 7.31. The Kier molecular flexibility index (Phi) is 8.01. The summed E-state index contributed by atoms with van der Waals surface area (Å²) in [5.74, 6) is 0.0722. The van der Waals surface area contributed by atoms with Crippen LogP contribution in [0.1, 0.15) is 17.5 Å². The van der Waals surface area contributed by atoms with Gasteiger partial charge in [0.25, 0.3) is 5.91 Å². The molecular weight excluding hydrogens is 515 g/mol. The first kappa shape index (κ1) is 24.8. The van der Waals surface area contributed by atoms with Crippen molar-refractivity contribution in [3.05, 3.63) is 69.4 Å². The van der Waals surface area contributed by atoms with Crippen LogP contribution < -0.4 is 15.5 Å². The van der Waals surface area contributed by atoms with Gasteiger partial charge < -0.3 is 19.5 Å². The van der Waals surface area contributed by atoms with E-state index in [0.29, 0.717) is 32.1 Å². The first-order chi connectivity index (χ1) is 16.3. The number of carbonyl (C=O) groups excluding carboxylic acids is 1. The van der Waals surface area contributed by atoms with Crippen molar-refractivity contribution < 1.29 is 9.21 Å². The van der Waals surface area contributed by atoms with Crippen molar-refractivity contribution in [3.8, 4) is 11.3 Å². The van der Waals surface area contributed by atoms with Gasteiger partial charge in [-0.2, -0.15) is 0 Å². The standard InChI is InChI=1S/C24H23Cl3N4O2S/c1-2-30-9-11-31(12-10-30)20-6-4-16(14-19(20)27)28-24(34)29-23(32)22-8-7-21(33-22)17-5-3-15(25)13-18(17)26/h3-8,13-14H,2,9-12H2,1H3,(H2,28,29,32,34). The van der Waals surface area contributed by atoms with Crippen LogP contribution in [-0.4, -0.2) is 48.6 Å². The normalized spacial score (nSPS) is 14.2. The molecule has 1 aliphatic rings. The summed E-state index contributed by atoms with van der Waals surface area (Å²) in [6.45, 7) is 7.12. The quantitative estimate of drug-likeness (QED) is 0.379. The lowest BCUT2D eigenvalue weighted by Gasteiger charge is -2.36. The number of anilines is 2. The van der Waals surface area contributed by atoms with Gasteiger partial charge in [0.05, 0.1) is 15.7 Å². The Morgan fingerprint density at radius 1 is 1.00 bits per heavy atom. The predicted molar refractivity (Wildman–Crippen MR) is 144 cm³/mol. The lowest BCUT2D eigenvalue weighted by molar-refractivity contribution is 0.0951. The Balaban J connectivity index is 1.36. The second kappa shape index (κ2) is 11.0. The number of piperazine rings is 1. The molecule has 178 valence electrons. The van der Waals surface area contributed by atoms with Gasteiger partial charge in [-0.25, -0.2) is 0 Å². The van der Waals surface area contributed by atoms with Gasteiger partial charge in [0.15, 0.2) is 10.9 Å². The Morgan fingerprint density at radius 3 is 2.44 bits per heavy atom. The number of likely N-dealkylation sites (N-methyl/N-ethyl adjacent to an activating group) is 1. The van der Waals surface area contributed by atoms with Crippen LogP contribution in [-0.2, 0) is 0 Å². The maximum atomic E-state index is 12.6. The molecule has 0 saturated carbocycles. The Morgan fingerprint density at radius 2 is 1.76 bits per heavy atom. The Hall–Kier alpha value is -2.29. The number of benzene rings is 2. The van der Waals surface area contributed by atoms with E-state index in [2.05, 4.69) is 27.4 Å². The van der Waals surface area contributed by atoms with Crippen molar-refractivity contribution in [2.75, 3.05) is 42.9 Å². The van der Waals surface area contributed by atoms with E-state index in [4.69, 9.17) is 51.4 Å². The van der Waals surface area contributed by atoms with Crippen LogP contribution >= 0.6 is 47.0 Å². The molecular formula is C24H23Cl3N4O2S. The van der Waals surface area contributed by atoms with Crippen molar-refractivity contribution in [2.45, 2.75) is 6.92 Å². The fourth-order valence-corrected chi connectivity index (χ4v) is 4.78. The minimum absolute atomic E-state index is 0.102. The highest BCUT2D eigenvalue weighted by Gasteiger charge is 2.19. The molecule has 0 atom stereocenters. The Labute approximate surface area is 218 Å². The highest BCUT2D eigenvalue weighted by Crippen LogP contribution is 2.32. The second-order valence-corrected chi connectivity index (χ2v) is 9.44. The summed E-state index contributed by atoms with van der Waals surface area (Å²) in [7, 11) is 0. The molecule has 0 bridgehead atoms. The van der Waals surface area contributed by atoms with Crippen LogP contribution in [0.4, 0.5) is 11.4 Å². The first-order valence-corrected chi connectivity index (χ1v) is 12.3. The smallest absolute Gasteiger partial charge is 0.293 e. The number of thiocarbonyl (C=S) groups is 1. The van der Waals surface area contributed by atoms with Gasteiger partial charge in [0.2, 0.25) is 0 Å². The number of rotatable bonds is 5. The van der Waals surface area contributed by atoms with Crippen LogP contribution in [0.5, 0.6) is 0 Å². The van der Waals surface area contributed by atoms with Crippen LogP contribution in [0.15, 0.2) is 52.9 Å². The van der Waals surface area contributed by atoms with Gasteiger partial charge in [-0.3, -0.25) is 10.1 Å². The zero-order valence-electron chi connectivity index (χ0n) is 18.4. The van der Waals surface area contributed by atoms with Gasteiger partial charge in [-0.15, -0.1) is 0 Å². The molecule has 0 unspecified atom stereocenters. The average Bonchev–Trinajstić information content (AvgIpc) is 3.29. The molecule has 0 spiro atoms. The summed E-state index contributed by atoms with van der Waals surface area (Å²) < 4.78 is 5.66. The summed E-state index contributed by atoms with van der Waals surface area (Å²) in [4.78, 5) is 17.3. The molecule has 2 aromatic carbocycles.